The molecule has 248 valence electrons. The lowest BCUT2D eigenvalue weighted by Gasteiger charge is -2.36. The van der Waals surface area contributed by atoms with Gasteiger partial charge in [-0.2, -0.15) is 0 Å². The van der Waals surface area contributed by atoms with E-state index < -0.39 is 8.07 Å². The molecule has 1 aliphatic heterocycles. The van der Waals surface area contributed by atoms with E-state index in [1.807, 2.05) is 0 Å². The molecule has 9 rings (SSSR count). The van der Waals surface area contributed by atoms with Crippen molar-refractivity contribution in [3.8, 4) is 33.4 Å². The highest BCUT2D eigenvalue weighted by Crippen LogP contribution is 2.40. The molecular formula is C50H39NSi. The molecular weight excluding hydrogens is 643 g/mol. The minimum absolute atomic E-state index is 1.13. The fourth-order valence-corrected chi connectivity index (χ4v) is 13.5. The van der Waals surface area contributed by atoms with Crippen LogP contribution in [0.15, 0.2) is 200 Å². The van der Waals surface area contributed by atoms with E-state index in [4.69, 9.17) is 0 Å². The van der Waals surface area contributed by atoms with Crippen molar-refractivity contribution in [3.63, 3.8) is 0 Å². The summed E-state index contributed by atoms with van der Waals surface area (Å²) in [6, 6.07) is 74.4. The average Bonchev–Trinajstić information content (AvgIpc) is 3.51. The third-order valence-corrected chi connectivity index (χ3v) is 15.6. The zero-order chi connectivity index (χ0) is 35.1. The van der Waals surface area contributed by atoms with Gasteiger partial charge >= 0.3 is 0 Å². The highest BCUT2D eigenvalue weighted by molar-refractivity contribution is 7.22. The molecule has 0 saturated heterocycles. The van der Waals surface area contributed by atoms with Crippen molar-refractivity contribution in [2.24, 2.45) is 0 Å². The predicted molar refractivity (Wildman–Crippen MR) is 224 cm³/mol. The van der Waals surface area contributed by atoms with Crippen LogP contribution in [0.4, 0.5) is 17.1 Å². The Bertz CT molecular complexity index is 2360. The lowest BCUT2D eigenvalue weighted by molar-refractivity contribution is 1.29. The molecule has 0 amide bonds. The number of rotatable bonds is 7. The van der Waals surface area contributed by atoms with Crippen LogP contribution in [0.25, 0.3) is 33.4 Å². The minimum atomic E-state index is -2.81. The van der Waals surface area contributed by atoms with E-state index in [1.165, 1.54) is 70.9 Å². The van der Waals surface area contributed by atoms with Crippen LogP contribution in [0.1, 0.15) is 11.1 Å². The van der Waals surface area contributed by atoms with Crippen LogP contribution in [-0.4, -0.2) is 8.07 Å². The maximum Gasteiger partial charge on any atom is 0.183 e. The van der Waals surface area contributed by atoms with Gasteiger partial charge in [0.05, 0.1) is 0 Å². The second-order valence-electron chi connectivity index (χ2n) is 13.9. The van der Waals surface area contributed by atoms with E-state index in [2.05, 4.69) is 219 Å². The Balaban J connectivity index is 1.32. The number of aryl methyl sites for hydroxylation is 2. The summed E-state index contributed by atoms with van der Waals surface area (Å²) in [5.74, 6) is 0. The summed E-state index contributed by atoms with van der Waals surface area (Å²) < 4.78 is 0. The number of fused-ring (bicyclic) bond motifs is 3. The summed E-state index contributed by atoms with van der Waals surface area (Å²) in [6.45, 7) is 4.37. The molecule has 0 radical (unpaired) electrons. The summed E-state index contributed by atoms with van der Waals surface area (Å²) in [4.78, 5) is 2.50. The number of hydrogen-bond acceptors (Lipinski definition) is 1. The standard InChI is InChI=1S/C50H39NSi/c1-36-20-32-44(33-21-36)52(45-34-22-37(2)23-35-45)49-19-10-9-16-46(49)47-17-11-18-48(50(47)52)51(42-28-24-40(25-29-42)38-12-5-3-6-13-38)43-30-26-41(27-31-43)39-14-7-4-8-15-39/h3-35H,1-2H3. The zero-order valence-corrected chi connectivity index (χ0v) is 30.5. The monoisotopic (exact) mass is 681 g/mol. The second-order valence-corrected chi connectivity index (χ2v) is 17.6. The van der Waals surface area contributed by atoms with Gasteiger partial charge in [-0.25, -0.2) is 0 Å². The van der Waals surface area contributed by atoms with E-state index in [-0.39, 0.29) is 0 Å². The zero-order valence-electron chi connectivity index (χ0n) is 29.5. The summed E-state index contributed by atoms with van der Waals surface area (Å²) in [6.07, 6.45) is 0. The third kappa shape index (κ3) is 5.31. The van der Waals surface area contributed by atoms with Crippen molar-refractivity contribution in [2.75, 3.05) is 4.90 Å². The van der Waals surface area contributed by atoms with Crippen LogP contribution < -0.4 is 25.6 Å². The van der Waals surface area contributed by atoms with Gasteiger partial charge in [-0.05, 0) is 98.3 Å². The molecule has 1 aliphatic rings. The molecule has 0 spiro atoms. The Morgan fingerprint density at radius 1 is 0.346 bits per heavy atom. The molecule has 0 unspecified atom stereocenters. The van der Waals surface area contributed by atoms with Gasteiger partial charge in [0.25, 0.3) is 0 Å². The summed E-state index contributed by atoms with van der Waals surface area (Å²) in [7, 11) is -2.81. The lowest BCUT2D eigenvalue weighted by Crippen LogP contribution is -2.73. The second kappa shape index (κ2) is 13.2. The van der Waals surface area contributed by atoms with Crippen LogP contribution in [0.2, 0.25) is 0 Å². The van der Waals surface area contributed by atoms with Crippen LogP contribution >= 0.6 is 0 Å². The van der Waals surface area contributed by atoms with Crippen molar-refractivity contribution in [1.29, 1.82) is 0 Å². The minimum Gasteiger partial charge on any atom is -0.311 e. The van der Waals surface area contributed by atoms with Gasteiger partial charge in [0.15, 0.2) is 8.07 Å². The Labute approximate surface area is 308 Å². The van der Waals surface area contributed by atoms with Gasteiger partial charge in [0.2, 0.25) is 0 Å². The van der Waals surface area contributed by atoms with Crippen molar-refractivity contribution in [2.45, 2.75) is 13.8 Å². The highest BCUT2D eigenvalue weighted by atomic mass is 28.3. The normalized spacial score (nSPS) is 12.6. The summed E-state index contributed by atoms with van der Waals surface area (Å²) in [5.41, 5.74) is 13.5. The van der Waals surface area contributed by atoms with E-state index >= 15 is 0 Å². The smallest absolute Gasteiger partial charge is 0.183 e. The molecule has 0 aliphatic carbocycles. The molecule has 2 heteroatoms. The maximum absolute atomic E-state index is 2.81. The first-order valence-electron chi connectivity index (χ1n) is 18.1. The molecule has 0 N–H and O–H groups in total. The topological polar surface area (TPSA) is 3.24 Å². The van der Waals surface area contributed by atoms with Crippen LogP contribution in [0, 0.1) is 13.8 Å². The van der Waals surface area contributed by atoms with E-state index in [0.717, 1.165) is 11.4 Å². The fourth-order valence-electron chi connectivity index (χ4n) is 8.19. The number of hydrogen-bond donors (Lipinski definition) is 0. The van der Waals surface area contributed by atoms with Gasteiger partial charge in [-0.3, -0.25) is 0 Å². The molecule has 52 heavy (non-hydrogen) atoms. The molecule has 0 fully saturated rings. The molecule has 1 heterocycles. The molecule has 0 aromatic heterocycles. The predicted octanol–water partition coefficient (Wildman–Crippen LogP) is 10.5. The quantitative estimate of drug-likeness (QED) is 0.151. The average molecular weight is 682 g/mol. The number of nitrogens with zero attached hydrogens (tertiary/aromatic N) is 1. The molecule has 8 aromatic carbocycles. The number of anilines is 3. The van der Waals surface area contributed by atoms with Crippen molar-refractivity contribution in [1.82, 2.24) is 0 Å². The van der Waals surface area contributed by atoms with Crippen molar-refractivity contribution in [3.05, 3.63) is 211 Å². The van der Waals surface area contributed by atoms with Gasteiger partial charge in [0, 0.05) is 17.1 Å². The SMILES string of the molecule is Cc1ccc([Si]2(c3ccc(C)cc3)c3ccccc3-c3cccc(N(c4ccc(-c5ccccc5)cc4)c4ccc(-c5ccccc5)cc4)c32)cc1. The van der Waals surface area contributed by atoms with Crippen molar-refractivity contribution >= 4 is 45.9 Å². The first-order chi connectivity index (χ1) is 25.6. The molecule has 1 nitrogen and oxygen atoms in total. The molecule has 0 saturated carbocycles. The number of benzene rings is 8. The van der Waals surface area contributed by atoms with Crippen LogP contribution in [0.3, 0.4) is 0 Å². The van der Waals surface area contributed by atoms with E-state index in [9.17, 15) is 0 Å². The third-order valence-electron chi connectivity index (χ3n) is 10.7. The van der Waals surface area contributed by atoms with Crippen molar-refractivity contribution < 1.29 is 0 Å². The first kappa shape index (κ1) is 31.7. The van der Waals surface area contributed by atoms with Crippen LogP contribution in [0.5, 0.6) is 0 Å². The van der Waals surface area contributed by atoms with Gasteiger partial charge in [-0.15, -0.1) is 0 Å². The summed E-state index contributed by atoms with van der Waals surface area (Å²) >= 11 is 0. The maximum atomic E-state index is 2.50. The van der Waals surface area contributed by atoms with E-state index in [0.29, 0.717) is 0 Å². The van der Waals surface area contributed by atoms with Crippen LogP contribution in [-0.2, 0) is 0 Å². The van der Waals surface area contributed by atoms with Gasteiger partial charge in [-0.1, -0.05) is 181 Å². The Morgan fingerprint density at radius 3 is 1.27 bits per heavy atom. The Morgan fingerprint density at radius 2 is 0.769 bits per heavy atom. The molecule has 0 bridgehead atoms. The molecule has 0 atom stereocenters. The van der Waals surface area contributed by atoms with Gasteiger partial charge < -0.3 is 4.90 Å². The molecule has 8 aromatic rings. The summed E-state index contributed by atoms with van der Waals surface area (Å²) in [5, 5.41) is 5.69. The lowest BCUT2D eigenvalue weighted by atomic mass is 10.0. The fraction of sp³-hybridized carbons (Fsp3) is 0.0400. The largest absolute Gasteiger partial charge is 0.311 e. The van der Waals surface area contributed by atoms with E-state index in [1.54, 1.807) is 0 Å². The Kier molecular flexibility index (Phi) is 8.03. The highest BCUT2D eigenvalue weighted by Gasteiger charge is 2.50. The van der Waals surface area contributed by atoms with Gasteiger partial charge in [0.1, 0.15) is 0 Å². The first-order valence-corrected chi connectivity index (χ1v) is 20.1. The Hall–Kier alpha value is -6.22.